The van der Waals surface area contributed by atoms with E-state index in [-0.39, 0.29) is 6.10 Å². The molecule has 54 heavy (non-hydrogen) atoms. The van der Waals surface area contributed by atoms with Gasteiger partial charge in [0.15, 0.2) is 0 Å². The Balaban J connectivity index is 0.000000180. The summed E-state index contributed by atoms with van der Waals surface area (Å²) in [6.45, 7) is 16.1. The number of ether oxygens (including phenoxy) is 3. The molecule has 4 fully saturated rings. The van der Waals surface area contributed by atoms with Crippen molar-refractivity contribution in [2.75, 3.05) is 19.8 Å². The van der Waals surface area contributed by atoms with E-state index in [0.717, 1.165) is 43.3 Å². The van der Waals surface area contributed by atoms with Crippen molar-refractivity contribution in [3.63, 3.8) is 0 Å². The third-order valence-electron chi connectivity index (χ3n) is 12.3. The summed E-state index contributed by atoms with van der Waals surface area (Å²) in [7, 11) is 0. The summed E-state index contributed by atoms with van der Waals surface area (Å²) in [6, 6.07) is 16.9. The Morgan fingerprint density at radius 2 is 0.833 bits per heavy atom. The number of hydrogen-bond acceptors (Lipinski definition) is 4. The number of nitrogens with zero attached hydrogens (tertiary/aromatic N) is 1. The van der Waals surface area contributed by atoms with Crippen LogP contribution < -0.4 is 0 Å². The van der Waals surface area contributed by atoms with Gasteiger partial charge < -0.3 is 14.2 Å². The van der Waals surface area contributed by atoms with Crippen LogP contribution in [0.15, 0.2) is 54.7 Å². The van der Waals surface area contributed by atoms with Gasteiger partial charge in [0.05, 0.1) is 17.9 Å². The first kappa shape index (κ1) is 45.0. The van der Waals surface area contributed by atoms with Crippen LogP contribution in [-0.2, 0) is 14.2 Å². The van der Waals surface area contributed by atoms with Crippen LogP contribution >= 0.6 is 0 Å². The van der Waals surface area contributed by atoms with Gasteiger partial charge in [0.1, 0.15) is 6.10 Å². The molecule has 0 saturated heterocycles. The Kier molecular flexibility index (Phi) is 21.8. The van der Waals surface area contributed by atoms with Crippen molar-refractivity contribution < 1.29 is 14.2 Å². The molecule has 1 aromatic heterocycles. The lowest BCUT2D eigenvalue weighted by molar-refractivity contribution is -0.0558. The maximum absolute atomic E-state index is 6.38. The molecule has 306 valence electrons. The minimum absolute atomic E-state index is 0.203. The second kappa shape index (κ2) is 26.2. The molecule has 4 saturated carbocycles. The van der Waals surface area contributed by atoms with E-state index < -0.39 is 0 Å². The van der Waals surface area contributed by atoms with Gasteiger partial charge in [-0.1, -0.05) is 155 Å². The summed E-state index contributed by atoms with van der Waals surface area (Å²) < 4.78 is 18.8. The quantitative estimate of drug-likeness (QED) is 0.182. The standard InChI is InChI=1S/C17H32O.C17H26O.C16H25NO/c2*1-14(2)13-18-17(15-9-5-3-6-10-15)16-11-7-4-8-12-16;1-13(2)12-18-16(14-8-4-3-5-9-14)15-10-6-7-11-17-15/h14-17H,3-13H2,1-2H3;3,5-6,9-10,14,16-17H,4,7-8,11-13H2,1-2H3;6-7,10-11,13-14,16H,3-5,8-9,12H2,1-2H3. The highest BCUT2D eigenvalue weighted by Crippen LogP contribution is 2.39. The highest BCUT2D eigenvalue weighted by Gasteiger charge is 2.32. The molecule has 1 aromatic carbocycles. The maximum atomic E-state index is 6.38. The Morgan fingerprint density at radius 3 is 1.26 bits per heavy atom. The molecule has 2 aromatic rings. The van der Waals surface area contributed by atoms with E-state index >= 15 is 0 Å². The molecule has 6 rings (SSSR count). The van der Waals surface area contributed by atoms with Gasteiger partial charge >= 0.3 is 0 Å². The molecule has 4 heteroatoms. The molecule has 0 bridgehead atoms. The monoisotopic (exact) mass is 746 g/mol. The highest BCUT2D eigenvalue weighted by molar-refractivity contribution is 5.18. The number of hydrogen-bond donors (Lipinski definition) is 0. The first-order valence-electron chi connectivity index (χ1n) is 23.1. The largest absolute Gasteiger partial charge is 0.377 e. The zero-order chi connectivity index (χ0) is 38.4. The third kappa shape index (κ3) is 16.8. The van der Waals surface area contributed by atoms with Gasteiger partial charge in [-0.2, -0.15) is 0 Å². The van der Waals surface area contributed by atoms with Gasteiger partial charge in [-0.3, -0.25) is 4.98 Å². The minimum atomic E-state index is 0.203. The van der Waals surface area contributed by atoms with Gasteiger partial charge in [0.25, 0.3) is 0 Å². The second-order valence-electron chi connectivity index (χ2n) is 18.7. The third-order valence-corrected chi connectivity index (χ3v) is 12.3. The minimum Gasteiger partial charge on any atom is -0.377 e. The van der Waals surface area contributed by atoms with Crippen molar-refractivity contribution in [3.8, 4) is 0 Å². The van der Waals surface area contributed by atoms with E-state index in [4.69, 9.17) is 14.2 Å². The van der Waals surface area contributed by atoms with E-state index in [1.807, 2.05) is 12.3 Å². The Morgan fingerprint density at radius 1 is 0.444 bits per heavy atom. The van der Waals surface area contributed by atoms with Crippen LogP contribution in [0.1, 0.15) is 193 Å². The van der Waals surface area contributed by atoms with Crippen LogP contribution in [0.5, 0.6) is 0 Å². The second-order valence-corrected chi connectivity index (χ2v) is 18.7. The molecule has 0 N–H and O–H groups in total. The molecule has 1 heterocycles. The molecule has 0 spiro atoms. The fraction of sp³-hybridized carbons (Fsp3) is 0.780. The van der Waals surface area contributed by atoms with Crippen LogP contribution in [0.25, 0.3) is 0 Å². The van der Waals surface area contributed by atoms with Crippen LogP contribution in [0, 0.1) is 41.4 Å². The lowest BCUT2D eigenvalue weighted by Gasteiger charge is -2.38. The average Bonchev–Trinajstić information content (AvgIpc) is 3.21. The van der Waals surface area contributed by atoms with Crippen LogP contribution in [0.4, 0.5) is 0 Å². The van der Waals surface area contributed by atoms with Crippen molar-refractivity contribution in [2.45, 2.75) is 188 Å². The topological polar surface area (TPSA) is 40.6 Å². The number of pyridine rings is 1. The summed E-state index contributed by atoms with van der Waals surface area (Å²) in [4.78, 5) is 4.51. The van der Waals surface area contributed by atoms with Gasteiger partial charge in [-0.05, 0) is 110 Å². The highest BCUT2D eigenvalue weighted by atomic mass is 16.5. The van der Waals surface area contributed by atoms with E-state index in [2.05, 4.69) is 89.0 Å². The summed E-state index contributed by atoms with van der Waals surface area (Å²) in [5.74, 6) is 5.01. The van der Waals surface area contributed by atoms with E-state index in [0.29, 0.717) is 35.9 Å². The normalized spacial score (nSPS) is 20.7. The molecule has 2 unspecified atom stereocenters. The zero-order valence-corrected chi connectivity index (χ0v) is 35.9. The number of benzene rings is 1. The molecule has 2 atom stereocenters. The van der Waals surface area contributed by atoms with E-state index in [9.17, 15) is 0 Å². The molecule has 0 amide bonds. The fourth-order valence-corrected chi connectivity index (χ4v) is 9.51. The molecule has 0 aliphatic heterocycles. The van der Waals surface area contributed by atoms with Crippen molar-refractivity contribution in [1.82, 2.24) is 4.98 Å². The molecular formula is C50H83NO3. The lowest BCUT2D eigenvalue weighted by Crippen LogP contribution is -2.35. The lowest BCUT2D eigenvalue weighted by atomic mass is 9.75. The summed E-state index contributed by atoms with van der Waals surface area (Å²) in [5.41, 5.74) is 2.48. The van der Waals surface area contributed by atoms with Crippen molar-refractivity contribution in [3.05, 3.63) is 66.0 Å². The van der Waals surface area contributed by atoms with E-state index in [1.165, 1.54) is 134 Å². The molecule has 4 aliphatic rings. The van der Waals surface area contributed by atoms with Gasteiger partial charge in [-0.15, -0.1) is 0 Å². The Bertz CT molecular complexity index is 1070. The van der Waals surface area contributed by atoms with Gasteiger partial charge in [0.2, 0.25) is 0 Å². The van der Waals surface area contributed by atoms with Crippen LogP contribution in [0.2, 0.25) is 0 Å². The molecule has 4 aliphatic carbocycles. The molecular weight excluding hydrogens is 663 g/mol. The summed E-state index contributed by atoms with van der Waals surface area (Å²) in [6.07, 6.45) is 30.9. The van der Waals surface area contributed by atoms with Crippen LogP contribution in [0.3, 0.4) is 0 Å². The van der Waals surface area contributed by atoms with Crippen molar-refractivity contribution in [1.29, 1.82) is 0 Å². The summed E-state index contributed by atoms with van der Waals surface area (Å²) >= 11 is 0. The van der Waals surface area contributed by atoms with Crippen molar-refractivity contribution >= 4 is 0 Å². The van der Waals surface area contributed by atoms with Crippen molar-refractivity contribution in [2.24, 2.45) is 41.4 Å². The first-order chi connectivity index (χ1) is 26.3. The van der Waals surface area contributed by atoms with Gasteiger partial charge in [-0.25, -0.2) is 0 Å². The maximum Gasteiger partial charge on any atom is 0.102 e. The average molecular weight is 746 g/mol. The molecule has 4 nitrogen and oxygen atoms in total. The summed E-state index contributed by atoms with van der Waals surface area (Å²) in [5, 5.41) is 0. The van der Waals surface area contributed by atoms with Crippen LogP contribution in [-0.4, -0.2) is 30.9 Å². The Hall–Kier alpha value is -1.75. The number of rotatable bonds is 15. The first-order valence-corrected chi connectivity index (χ1v) is 23.1. The number of aromatic nitrogens is 1. The Labute approximate surface area is 333 Å². The predicted octanol–water partition coefficient (Wildman–Crippen LogP) is 14.5. The zero-order valence-electron chi connectivity index (χ0n) is 35.9. The fourth-order valence-electron chi connectivity index (χ4n) is 9.51. The SMILES string of the molecule is CC(C)COC(C1CCCCC1)C1CCCCC1.CC(C)COC(c1ccccc1)C1CCCCC1.CC(C)COC(c1ccccn1)C1CCCCC1. The van der Waals surface area contributed by atoms with Gasteiger partial charge in [0, 0.05) is 26.0 Å². The molecule has 0 radical (unpaired) electrons. The predicted molar refractivity (Wildman–Crippen MR) is 229 cm³/mol. The van der Waals surface area contributed by atoms with E-state index in [1.54, 1.807) is 0 Å². The smallest absolute Gasteiger partial charge is 0.102 e.